The van der Waals surface area contributed by atoms with E-state index in [-0.39, 0.29) is 11.9 Å². The van der Waals surface area contributed by atoms with Crippen LogP contribution in [0.15, 0.2) is 54.6 Å². The summed E-state index contributed by atoms with van der Waals surface area (Å²) in [5.74, 6) is 3.36. The predicted molar refractivity (Wildman–Crippen MR) is 89.1 cm³/mol. The molecule has 5 heteroatoms. The zero-order valence-electron chi connectivity index (χ0n) is 12.1. The highest BCUT2D eigenvalue weighted by Crippen LogP contribution is 2.21. The molecule has 2 aromatic carbocycles. The molecule has 4 nitrogen and oxygen atoms in total. The van der Waals surface area contributed by atoms with Crippen LogP contribution in [0, 0.1) is 0 Å². The molecule has 0 bridgehead atoms. The van der Waals surface area contributed by atoms with Crippen molar-refractivity contribution in [3.05, 3.63) is 60.2 Å². The van der Waals surface area contributed by atoms with Gasteiger partial charge in [-0.2, -0.15) is 0 Å². The summed E-state index contributed by atoms with van der Waals surface area (Å²) in [6, 6.07) is 17.4. The van der Waals surface area contributed by atoms with Gasteiger partial charge < -0.3 is 10.1 Å². The summed E-state index contributed by atoms with van der Waals surface area (Å²) in [6.07, 6.45) is 0. The van der Waals surface area contributed by atoms with Gasteiger partial charge in [-0.3, -0.25) is 10.1 Å². The first-order valence-corrected chi connectivity index (χ1v) is 8.37. The Labute approximate surface area is 134 Å². The maximum absolute atomic E-state index is 11.9. The van der Waals surface area contributed by atoms with E-state index in [9.17, 15) is 4.79 Å². The summed E-state index contributed by atoms with van der Waals surface area (Å²) < 4.78 is 5.74. The Bertz CT molecular complexity index is 610. The maximum Gasteiger partial charge on any atom is 0.238 e. The molecule has 2 aromatic rings. The van der Waals surface area contributed by atoms with Gasteiger partial charge in [-0.05, 0) is 29.8 Å². The fourth-order valence-electron chi connectivity index (χ4n) is 2.18. The first-order valence-electron chi connectivity index (χ1n) is 7.22. The minimum absolute atomic E-state index is 0.0642. The molecule has 0 radical (unpaired) electrons. The monoisotopic (exact) mass is 314 g/mol. The Kier molecular flexibility index (Phi) is 4.98. The molecule has 1 fully saturated rings. The van der Waals surface area contributed by atoms with Crippen LogP contribution in [-0.2, 0) is 11.3 Å². The normalized spacial score (nSPS) is 17.2. The second-order valence-corrected chi connectivity index (χ2v) is 6.08. The summed E-state index contributed by atoms with van der Waals surface area (Å²) in [6.45, 7) is 0.535. The van der Waals surface area contributed by atoms with Gasteiger partial charge in [0.05, 0.1) is 6.04 Å². The Morgan fingerprint density at radius 3 is 2.55 bits per heavy atom. The highest BCUT2D eigenvalue weighted by atomic mass is 32.2. The van der Waals surface area contributed by atoms with Crippen molar-refractivity contribution in [1.29, 1.82) is 0 Å². The van der Waals surface area contributed by atoms with Crippen molar-refractivity contribution in [3.63, 3.8) is 0 Å². The minimum Gasteiger partial charge on any atom is -0.457 e. The predicted octanol–water partition coefficient (Wildman–Crippen LogP) is 2.76. The van der Waals surface area contributed by atoms with E-state index in [0.29, 0.717) is 6.54 Å². The second kappa shape index (κ2) is 7.33. The lowest BCUT2D eigenvalue weighted by Gasteiger charge is -2.11. The minimum atomic E-state index is -0.0642. The number of nitrogens with one attached hydrogen (secondary N) is 2. The van der Waals surface area contributed by atoms with Gasteiger partial charge in [0.1, 0.15) is 11.5 Å². The summed E-state index contributed by atoms with van der Waals surface area (Å²) in [5.41, 5.74) is 1.06. The van der Waals surface area contributed by atoms with Gasteiger partial charge in [0.2, 0.25) is 5.91 Å². The fraction of sp³-hybridized carbons (Fsp3) is 0.235. The van der Waals surface area contributed by atoms with E-state index >= 15 is 0 Å². The number of hydrogen-bond acceptors (Lipinski definition) is 4. The number of amides is 1. The SMILES string of the molecule is O=C(NCc1ccc(Oc2ccccc2)cc1)C1CSCN1. The molecule has 0 aliphatic carbocycles. The van der Waals surface area contributed by atoms with Crippen LogP contribution in [0.2, 0.25) is 0 Å². The van der Waals surface area contributed by atoms with Gasteiger partial charge >= 0.3 is 0 Å². The first kappa shape index (κ1) is 14.9. The zero-order chi connectivity index (χ0) is 15.2. The number of ether oxygens (including phenoxy) is 1. The molecule has 3 rings (SSSR count). The van der Waals surface area contributed by atoms with Crippen LogP contribution in [0.25, 0.3) is 0 Å². The fourth-order valence-corrected chi connectivity index (χ4v) is 3.12. The van der Waals surface area contributed by atoms with Gasteiger partial charge in [-0.15, -0.1) is 11.8 Å². The van der Waals surface area contributed by atoms with E-state index in [1.165, 1.54) is 0 Å². The van der Waals surface area contributed by atoms with Gasteiger partial charge in [-0.25, -0.2) is 0 Å². The van der Waals surface area contributed by atoms with E-state index in [1.54, 1.807) is 11.8 Å². The summed E-state index contributed by atoms with van der Waals surface area (Å²) in [5, 5.41) is 6.11. The van der Waals surface area contributed by atoms with Crippen LogP contribution < -0.4 is 15.4 Å². The topological polar surface area (TPSA) is 50.4 Å². The van der Waals surface area contributed by atoms with Crippen LogP contribution in [-0.4, -0.2) is 23.6 Å². The Morgan fingerprint density at radius 2 is 1.86 bits per heavy atom. The largest absolute Gasteiger partial charge is 0.457 e. The Balaban J connectivity index is 1.52. The quantitative estimate of drug-likeness (QED) is 0.891. The average Bonchev–Trinajstić information content (AvgIpc) is 3.09. The molecular weight excluding hydrogens is 296 g/mol. The van der Waals surface area contributed by atoms with Crippen molar-refractivity contribution in [1.82, 2.24) is 10.6 Å². The molecule has 0 spiro atoms. The van der Waals surface area contributed by atoms with Crippen molar-refractivity contribution in [2.45, 2.75) is 12.6 Å². The van der Waals surface area contributed by atoms with E-state index in [0.717, 1.165) is 28.7 Å². The highest BCUT2D eigenvalue weighted by molar-refractivity contribution is 7.99. The molecule has 0 aromatic heterocycles. The molecule has 1 saturated heterocycles. The first-order chi connectivity index (χ1) is 10.8. The van der Waals surface area contributed by atoms with E-state index < -0.39 is 0 Å². The van der Waals surface area contributed by atoms with E-state index in [4.69, 9.17) is 4.74 Å². The lowest BCUT2D eigenvalue weighted by Crippen LogP contribution is -2.41. The molecule has 1 heterocycles. The Morgan fingerprint density at radius 1 is 1.14 bits per heavy atom. The lowest BCUT2D eigenvalue weighted by atomic mass is 10.2. The second-order valence-electron chi connectivity index (χ2n) is 5.05. The van der Waals surface area contributed by atoms with Crippen LogP contribution in [0.4, 0.5) is 0 Å². The van der Waals surface area contributed by atoms with Crippen molar-refractivity contribution in [3.8, 4) is 11.5 Å². The maximum atomic E-state index is 11.9. The van der Waals surface area contributed by atoms with Crippen molar-refractivity contribution < 1.29 is 9.53 Å². The van der Waals surface area contributed by atoms with Crippen molar-refractivity contribution in [2.24, 2.45) is 0 Å². The molecule has 2 N–H and O–H groups in total. The average molecular weight is 314 g/mol. The molecule has 1 unspecified atom stereocenters. The molecule has 1 aliphatic heterocycles. The zero-order valence-corrected chi connectivity index (χ0v) is 12.9. The Hall–Kier alpha value is -1.98. The van der Waals surface area contributed by atoms with Gasteiger partial charge in [0, 0.05) is 18.2 Å². The molecule has 114 valence electrons. The molecule has 22 heavy (non-hydrogen) atoms. The lowest BCUT2D eigenvalue weighted by molar-refractivity contribution is -0.122. The smallest absolute Gasteiger partial charge is 0.238 e. The van der Waals surface area contributed by atoms with Crippen LogP contribution in [0.5, 0.6) is 11.5 Å². The number of hydrogen-bond donors (Lipinski definition) is 2. The number of rotatable bonds is 5. The molecular formula is C17H18N2O2S. The third kappa shape index (κ3) is 4.02. The standard InChI is InChI=1S/C17H18N2O2S/c20-17(16-11-22-12-19-16)18-10-13-6-8-15(9-7-13)21-14-4-2-1-3-5-14/h1-9,16,19H,10-12H2,(H,18,20). The summed E-state index contributed by atoms with van der Waals surface area (Å²) in [7, 11) is 0. The molecule has 1 atom stereocenters. The molecule has 0 saturated carbocycles. The van der Waals surface area contributed by atoms with Crippen LogP contribution >= 0.6 is 11.8 Å². The van der Waals surface area contributed by atoms with Crippen LogP contribution in [0.1, 0.15) is 5.56 Å². The van der Waals surface area contributed by atoms with Gasteiger partial charge in [-0.1, -0.05) is 30.3 Å². The van der Waals surface area contributed by atoms with Gasteiger partial charge in [0.25, 0.3) is 0 Å². The third-order valence-corrected chi connectivity index (χ3v) is 4.34. The molecule has 1 aliphatic rings. The number of benzene rings is 2. The van der Waals surface area contributed by atoms with Crippen LogP contribution in [0.3, 0.4) is 0 Å². The van der Waals surface area contributed by atoms with Gasteiger partial charge in [0.15, 0.2) is 0 Å². The van der Waals surface area contributed by atoms with Crippen molar-refractivity contribution in [2.75, 3.05) is 11.6 Å². The number of thioether (sulfide) groups is 1. The van der Waals surface area contributed by atoms with E-state index in [1.807, 2.05) is 54.6 Å². The van der Waals surface area contributed by atoms with E-state index in [2.05, 4.69) is 10.6 Å². The number of carbonyl (C=O) groups excluding carboxylic acids is 1. The molecule has 1 amide bonds. The van der Waals surface area contributed by atoms with Crippen molar-refractivity contribution >= 4 is 17.7 Å². The summed E-state index contributed by atoms with van der Waals surface area (Å²) in [4.78, 5) is 11.9. The number of carbonyl (C=O) groups is 1. The third-order valence-electron chi connectivity index (χ3n) is 3.40. The number of para-hydroxylation sites is 1. The highest BCUT2D eigenvalue weighted by Gasteiger charge is 2.21. The summed E-state index contributed by atoms with van der Waals surface area (Å²) >= 11 is 1.75.